The lowest BCUT2D eigenvalue weighted by Crippen LogP contribution is -2.22. The van der Waals surface area contributed by atoms with Crippen LogP contribution in [0.5, 0.6) is 0 Å². The molecule has 0 saturated heterocycles. The molecule has 1 aromatic rings. The zero-order valence-corrected chi connectivity index (χ0v) is 11.7. The summed E-state index contributed by atoms with van der Waals surface area (Å²) in [6, 6.07) is 9.77. The molecule has 1 aromatic carbocycles. The monoisotopic (exact) mass is 268 g/mol. The van der Waals surface area contributed by atoms with E-state index in [1.165, 1.54) is 0 Å². The molecule has 0 spiro atoms. The van der Waals surface area contributed by atoms with Crippen LogP contribution in [-0.2, 0) is 20.7 Å². The molecular weight excluding hydrogens is 248 g/mol. The molecule has 0 aromatic heterocycles. The van der Waals surface area contributed by atoms with Crippen LogP contribution in [0.2, 0.25) is 0 Å². The molecule has 0 N–H and O–H groups in total. The second kappa shape index (κ2) is 8.16. The second-order valence-electron chi connectivity index (χ2n) is 4.29. The molecule has 0 fully saturated rings. The normalized spacial score (nSPS) is 12.4. The van der Waals surface area contributed by atoms with Crippen LogP contribution >= 0.6 is 12.6 Å². The highest BCUT2D eigenvalue weighted by Crippen LogP contribution is 2.09. The van der Waals surface area contributed by atoms with Gasteiger partial charge < -0.3 is 9.47 Å². The Hall–Kier alpha value is -1.00. The molecule has 0 heterocycles. The first kappa shape index (κ1) is 15.1. The summed E-state index contributed by atoms with van der Waals surface area (Å²) in [5.41, 5.74) is 1.08. The van der Waals surface area contributed by atoms with E-state index in [2.05, 4.69) is 12.6 Å². The van der Waals surface area contributed by atoms with Crippen molar-refractivity contribution in [2.24, 2.45) is 0 Å². The van der Waals surface area contributed by atoms with Gasteiger partial charge in [-0.3, -0.25) is 4.79 Å². The van der Waals surface area contributed by atoms with Gasteiger partial charge in [-0.2, -0.15) is 12.6 Å². The fraction of sp³-hybridized carbons (Fsp3) is 0.500. The topological polar surface area (TPSA) is 35.5 Å². The number of esters is 1. The van der Waals surface area contributed by atoms with Crippen LogP contribution in [-0.4, -0.2) is 30.5 Å². The summed E-state index contributed by atoms with van der Waals surface area (Å²) in [6.07, 6.45) is 0.730. The maximum Gasteiger partial charge on any atom is 0.319 e. The van der Waals surface area contributed by atoms with Crippen LogP contribution in [0.25, 0.3) is 0 Å². The van der Waals surface area contributed by atoms with E-state index < -0.39 is 5.25 Å². The van der Waals surface area contributed by atoms with Crippen molar-refractivity contribution in [2.75, 3.05) is 13.2 Å². The maximum absolute atomic E-state index is 11.6. The van der Waals surface area contributed by atoms with Crippen LogP contribution in [0.1, 0.15) is 19.4 Å². The van der Waals surface area contributed by atoms with Crippen molar-refractivity contribution in [3.63, 3.8) is 0 Å². The highest BCUT2D eigenvalue weighted by atomic mass is 32.1. The summed E-state index contributed by atoms with van der Waals surface area (Å²) in [5.74, 6) is -0.297. The Balaban J connectivity index is 2.25. The average molecular weight is 268 g/mol. The maximum atomic E-state index is 11.6. The molecule has 1 rings (SSSR count). The fourth-order valence-corrected chi connectivity index (χ4v) is 1.73. The van der Waals surface area contributed by atoms with Crippen molar-refractivity contribution in [2.45, 2.75) is 31.6 Å². The first-order valence-corrected chi connectivity index (χ1v) is 6.61. The molecule has 0 amide bonds. The Kier molecular flexibility index (Phi) is 6.83. The highest BCUT2D eigenvalue weighted by molar-refractivity contribution is 7.81. The van der Waals surface area contributed by atoms with Gasteiger partial charge in [-0.1, -0.05) is 30.3 Å². The van der Waals surface area contributed by atoms with Crippen LogP contribution in [0.15, 0.2) is 30.3 Å². The van der Waals surface area contributed by atoms with Gasteiger partial charge in [0, 0.05) is 0 Å². The SMILES string of the molecule is CC(C)OCCOC(=O)C(S)Cc1ccccc1. The van der Waals surface area contributed by atoms with Gasteiger partial charge in [-0.25, -0.2) is 0 Å². The van der Waals surface area contributed by atoms with E-state index >= 15 is 0 Å². The Morgan fingerprint density at radius 3 is 2.50 bits per heavy atom. The average Bonchev–Trinajstić information content (AvgIpc) is 2.35. The van der Waals surface area contributed by atoms with E-state index in [1.54, 1.807) is 0 Å². The third-order valence-corrected chi connectivity index (χ3v) is 2.72. The van der Waals surface area contributed by atoms with Crippen LogP contribution in [0.3, 0.4) is 0 Å². The van der Waals surface area contributed by atoms with Crippen molar-refractivity contribution in [1.82, 2.24) is 0 Å². The zero-order valence-electron chi connectivity index (χ0n) is 10.8. The summed E-state index contributed by atoms with van der Waals surface area (Å²) in [5, 5.41) is -0.425. The minimum absolute atomic E-state index is 0.153. The van der Waals surface area contributed by atoms with Gasteiger partial charge in [-0.15, -0.1) is 0 Å². The standard InChI is InChI=1S/C14H20O3S/c1-11(2)16-8-9-17-14(15)13(18)10-12-6-4-3-5-7-12/h3-7,11,13,18H,8-10H2,1-2H3. The second-order valence-corrected chi connectivity index (χ2v) is 4.92. The lowest BCUT2D eigenvalue weighted by molar-refractivity contribution is -0.144. The molecule has 3 nitrogen and oxygen atoms in total. The number of hydrogen-bond acceptors (Lipinski definition) is 4. The quantitative estimate of drug-likeness (QED) is 0.469. The predicted octanol–water partition coefficient (Wildman–Crippen LogP) is 2.50. The molecule has 18 heavy (non-hydrogen) atoms. The Morgan fingerprint density at radius 1 is 1.22 bits per heavy atom. The number of carbonyl (C=O) groups excluding carboxylic acids is 1. The number of hydrogen-bond donors (Lipinski definition) is 1. The van der Waals surface area contributed by atoms with E-state index in [0.29, 0.717) is 13.0 Å². The van der Waals surface area contributed by atoms with E-state index in [0.717, 1.165) is 5.56 Å². The number of thiol groups is 1. The van der Waals surface area contributed by atoms with Gasteiger partial charge in [0.05, 0.1) is 12.7 Å². The number of rotatable bonds is 7. The Labute approximate surface area is 114 Å². The molecule has 1 unspecified atom stereocenters. The number of ether oxygens (including phenoxy) is 2. The van der Waals surface area contributed by atoms with Gasteiger partial charge in [0.25, 0.3) is 0 Å². The van der Waals surface area contributed by atoms with E-state index in [9.17, 15) is 4.79 Å². The van der Waals surface area contributed by atoms with Gasteiger partial charge in [-0.05, 0) is 25.8 Å². The third kappa shape index (κ3) is 6.07. The summed E-state index contributed by atoms with van der Waals surface area (Å²) in [6.45, 7) is 4.59. The molecule has 4 heteroatoms. The first-order valence-electron chi connectivity index (χ1n) is 6.10. The molecule has 1 atom stereocenters. The van der Waals surface area contributed by atoms with Crippen LogP contribution in [0, 0.1) is 0 Å². The van der Waals surface area contributed by atoms with Crippen molar-refractivity contribution < 1.29 is 14.3 Å². The van der Waals surface area contributed by atoms with Crippen LogP contribution in [0.4, 0.5) is 0 Å². The molecule has 0 aliphatic carbocycles. The summed E-state index contributed by atoms with van der Waals surface area (Å²) in [7, 11) is 0. The molecule has 0 aliphatic heterocycles. The van der Waals surface area contributed by atoms with E-state index in [1.807, 2.05) is 44.2 Å². The molecule has 0 bridgehead atoms. The molecule has 0 saturated carbocycles. The van der Waals surface area contributed by atoms with Crippen molar-refractivity contribution in [3.05, 3.63) is 35.9 Å². The van der Waals surface area contributed by atoms with Gasteiger partial charge in [0.2, 0.25) is 0 Å². The van der Waals surface area contributed by atoms with Gasteiger partial charge >= 0.3 is 5.97 Å². The van der Waals surface area contributed by atoms with Crippen molar-refractivity contribution in [3.8, 4) is 0 Å². The van der Waals surface area contributed by atoms with Gasteiger partial charge in [0.1, 0.15) is 11.9 Å². The van der Waals surface area contributed by atoms with Gasteiger partial charge in [0.15, 0.2) is 0 Å². The first-order chi connectivity index (χ1) is 8.59. The molecule has 100 valence electrons. The summed E-state index contributed by atoms with van der Waals surface area (Å²) >= 11 is 4.26. The number of benzene rings is 1. The minimum atomic E-state index is -0.425. The van der Waals surface area contributed by atoms with Crippen LogP contribution < -0.4 is 0 Å². The smallest absolute Gasteiger partial charge is 0.319 e. The molecule has 0 radical (unpaired) electrons. The van der Waals surface area contributed by atoms with E-state index in [4.69, 9.17) is 9.47 Å². The molecule has 0 aliphatic rings. The van der Waals surface area contributed by atoms with Crippen molar-refractivity contribution >= 4 is 18.6 Å². The molecular formula is C14H20O3S. The summed E-state index contributed by atoms with van der Waals surface area (Å²) < 4.78 is 10.4. The third-order valence-electron chi connectivity index (χ3n) is 2.32. The fourth-order valence-electron chi connectivity index (χ4n) is 1.44. The predicted molar refractivity (Wildman–Crippen MR) is 75.0 cm³/mol. The van der Waals surface area contributed by atoms with Crippen molar-refractivity contribution in [1.29, 1.82) is 0 Å². The Bertz CT molecular complexity index is 351. The lowest BCUT2D eigenvalue weighted by atomic mass is 10.1. The lowest BCUT2D eigenvalue weighted by Gasteiger charge is -2.12. The zero-order chi connectivity index (χ0) is 13.4. The van der Waals surface area contributed by atoms with E-state index in [-0.39, 0.29) is 18.7 Å². The Morgan fingerprint density at radius 2 is 1.89 bits per heavy atom. The summed E-state index contributed by atoms with van der Waals surface area (Å²) in [4.78, 5) is 11.6. The minimum Gasteiger partial charge on any atom is -0.462 e. The number of carbonyl (C=O) groups is 1. The largest absolute Gasteiger partial charge is 0.462 e. The highest BCUT2D eigenvalue weighted by Gasteiger charge is 2.15.